The number of hydrogen-bond donors (Lipinski definition) is 0. The molecule has 1 aliphatic heterocycles. The molecule has 0 amide bonds. The third-order valence-corrected chi connectivity index (χ3v) is 5.70. The number of fused-ring (bicyclic) bond motifs is 2. The van der Waals surface area contributed by atoms with Gasteiger partial charge in [0.25, 0.3) is 5.56 Å². The Morgan fingerprint density at radius 1 is 1.03 bits per heavy atom. The van der Waals surface area contributed by atoms with Gasteiger partial charge in [-0.1, -0.05) is 18.2 Å². The summed E-state index contributed by atoms with van der Waals surface area (Å²) in [5.41, 5.74) is 2.86. The van der Waals surface area contributed by atoms with Crippen molar-refractivity contribution in [3.05, 3.63) is 71.0 Å². The average Bonchev–Trinajstić information content (AvgIpc) is 3.16. The van der Waals surface area contributed by atoms with E-state index in [4.69, 9.17) is 0 Å². The van der Waals surface area contributed by atoms with Crippen LogP contribution in [0.2, 0.25) is 0 Å². The summed E-state index contributed by atoms with van der Waals surface area (Å²) in [7, 11) is 2.14. The molecule has 0 bridgehead atoms. The van der Waals surface area contributed by atoms with Crippen LogP contribution in [-0.2, 0) is 13.0 Å². The standard InChI is InChI=1S/C22H24N6O/c1-25-11-13-26(14-12-25)19-6-4-5-17-15-23-28(22(29)21(17)19)10-8-18-16-27-9-3-2-7-20(27)24-18/h2-7,9,15-16H,8,10-14H2,1H3. The fourth-order valence-corrected chi connectivity index (χ4v) is 4.01. The minimum atomic E-state index is -0.0270. The van der Waals surface area contributed by atoms with E-state index in [2.05, 4.69) is 33.0 Å². The summed E-state index contributed by atoms with van der Waals surface area (Å²) in [4.78, 5) is 22.5. The molecule has 1 aliphatic rings. The Morgan fingerprint density at radius 2 is 1.90 bits per heavy atom. The van der Waals surface area contributed by atoms with E-state index in [1.54, 1.807) is 10.9 Å². The van der Waals surface area contributed by atoms with Gasteiger partial charge in [-0.2, -0.15) is 5.10 Å². The number of imidazole rings is 1. The topological polar surface area (TPSA) is 58.7 Å². The van der Waals surface area contributed by atoms with Crippen molar-refractivity contribution in [1.82, 2.24) is 24.1 Å². The van der Waals surface area contributed by atoms with Crippen LogP contribution in [-0.4, -0.2) is 57.3 Å². The molecule has 0 atom stereocenters. The first kappa shape index (κ1) is 17.9. The molecule has 7 nitrogen and oxygen atoms in total. The van der Waals surface area contributed by atoms with Crippen LogP contribution in [0.25, 0.3) is 16.4 Å². The second kappa shape index (κ2) is 7.33. The zero-order valence-corrected chi connectivity index (χ0v) is 16.5. The van der Waals surface area contributed by atoms with Crippen molar-refractivity contribution < 1.29 is 0 Å². The van der Waals surface area contributed by atoms with Crippen LogP contribution in [0.15, 0.2) is 59.8 Å². The molecule has 148 valence electrons. The summed E-state index contributed by atoms with van der Waals surface area (Å²) < 4.78 is 3.57. The maximum Gasteiger partial charge on any atom is 0.276 e. The monoisotopic (exact) mass is 388 g/mol. The first-order chi connectivity index (χ1) is 14.2. The SMILES string of the molecule is CN1CCN(c2cccc3cnn(CCc4cn5ccccc5n4)c(=O)c23)CC1. The summed E-state index contributed by atoms with van der Waals surface area (Å²) in [5, 5.41) is 6.08. The number of rotatable bonds is 4. The van der Waals surface area contributed by atoms with Crippen molar-refractivity contribution >= 4 is 22.1 Å². The highest BCUT2D eigenvalue weighted by atomic mass is 16.1. The maximum atomic E-state index is 13.3. The van der Waals surface area contributed by atoms with Crippen LogP contribution in [0.3, 0.4) is 0 Å². The summed E-state index contributed by atoms with van der Waals surface area (Å²) in [6.07, 6.45) is 6.46. The number of anilines is 1. The van der Waals surface area contributed by atoms with Crippen LogP contribution in [0.5, 0.6) is 0 Å². The summed E-state index contributed by atoms with van der Waals surface area (Å²) in [6, 6.07) is 12.0. The van der Waals surface area contributed by atoms with E-state index in [0.29, 0.717) is 13.0 Å². The van der Waals surface area contributed by atoms with Gasteiger partial charge in [0.1, 0.15) is 5.65 Å². The highest BCUT2D eigenvalue weighted by Crippen LogP contribution is 2.24. The normalized spacial score (nSPS) is 15.4. The molecule has 5 rings (SSSR count). The lowest BCUT2D eigenvalue weighted by Gasteiger charge is -2.34. The molecule has 4 aromatic rings. The van der Waals surface area contributed by atoms with Crippen molar-refractivity contribution in [2.75, 3.05) is 38.1 Å². The summed E-state index contributed by atoms with van der Waals surface area (Å²) >= 11 is 0. The van der Waals surface area contributed by atoms with Crippen molar-refractivity contribution in [3.8, 4) is 0 Å². The Bertz CT molecular complexity index is 1190. The lowest BCUT2D eigenvalue weighted by Crippen LogP contribution is -2.45. The van der Waals surface area contributed by atoms with Crippen LogP contribution in [0, 0.1) is 0 Å². The Balaban J connectivity index is 1.46. The van der Waals surface area contributed by atoms with Gasteiger partial charge in [-0.15, -0.1) is 0 Å². The Labute approximate surface area is 168 Å². The van der Waals surface area contributed by atoms with E-state index in [1.807, 2.05) is 47.1 Å². The van der Waals surface area contributed by atoms with Crippen molar-refractivity contribution in [1.29, 1.82) is 0 Å². The first-order valence-electron chi connectivity index (χ1n) is 10.0. The fraction of sp³-hybridized carbons (Fsp3) is 0.318. The van der Waals surface area contributed by atoms with E-state index < -0.39 is 0 Å². The third-order valence-electron chi connectivity index (χ3n) is 5.70. The Hall–Kier alpha value is -3.19. The number of piperazine rings is 1. The number of aryl methyl sites for hydroxylation is 2. The average molecular weight is 388 g/mol. The van der Waals surface area contributed by atoms with Gasteiger partial charge in [0.2, 0.25) is 0 Å². The van der Waals surface area contributed by atoms with E-state index in [9.17, 15) is 4.79 Å². The number of aromatic nitrogens is 4. The predicted octanol–water partition coefficient (Wildman–Crippen LogP) is 2.04. The van der Waals surface area contributed by atoms with Crippen molar-refractivity contribution in [2.45, 2.75) is 13.0 Å². The molecule has 3 aromatic heterocycles. The van der Waals surface area contributed by atoms with Gasteiger partial charge in [0.05, 0.1) is 29.5 Å². The number of pyridine rings is 1. The lowest BCUT2D eigenvalue weighted by molar-refractivity contribution is 0.313. The lowest BCUT2D eigenvalue weighted by atomic mass is 10.1. The largest absolute Gasteiger partial charge is 0.368 e. The second-order valence-corrected chi connectivity index (χ2v) is 7.65. The van der Waals surface area contributed by atoms with Gasteiger partial charge >= 0.3 is 0 Å². The molecule has 29 heavy (non-hydrogen) atoms. The van der Waals surface area contributed by atoms with E-state index in [0.717, 1.165) is 54.0 Å². The molecule has 0 aliphatic carbocycles. The van der Waals surface area contributed by atoms with E-state index >= 15 is 0 Å². The maximum absolute atomic E-state index is 13.3. The molecular formula is C22H24N6O. The van der Waals surface area contributed by atoms with Crippen LogP contribution < -0.4 is 10.5 Å². The molecule has 1 aromatic carbocycles. The number of likely N-dealkylation sites (N-methyl/N-ethyl adjacent to an activating group) is 1. The molecule has 0 spiro atoms. The molecule has 7 heteroatoms. The van der Waals surface area contributed by atoms with Crippen LogP contribution in [0.4, 0.5) is 5.69 Å². The molecular weight excluding hydrogens is 364 g/mol. The third kappa shape index (κ3) is 3.38. The van der Waals surface area contributed by atoms with Crippen molar-refractivity contribution in [2.24, 2.45) is 0 Å². The van der Waals surface area contributed by atoms with Crippen molar-refractivity contribution in [3.63, 3.8) is 0 Å². The number of nitrogens with zero attached hydrogens (tertiary/aromatic N) is 6. The second-order valence-electron chi connectivity index (χ2n) is 7.65. The van der Waals surface area contributed by atoms with Gasteiger partial charge in [-0.3, -0.25) is 4.79 Å². The molecule has 0 saturated carbocycles. The number of benzene rings is 1. The van der Waals surface area contributed by atoms with Gasteiger partial charge in [-0.25, -0.2) is 9.67 Å². The fourth-order valence-electron chi connectivity index (χ4n) is 4.01. The van der Waals surface area contributed by atoms with Gasteiger partial charge in [-0.05, 0) is 25.2 Å². The first-order valence-corrected chi connectivity index (χ1v) is 10.0. The molecule has 0 N–H and O–H groups in total. The molecule has 0 unspecified atom stereocenters. The van der Waals surface area contributed by atoms with E-state index in [-0.39, 0.29) is 5.56 Å². The quantitative estimate of drug-likeness (QED) is 0.536. The van der Waals surface area contributed by atoms with Crippen LogP contribution in [0.1, 0.15) is 5.69 Å². The Kier molecular flexibility index (Phi) is 4.52. The van der Waals surface area contributed by atoms with E-state index in [1.165, 1.54) is 0 Å². The number of hydrogen-bond acceptors (Lipinski definition) is 5. The molecule has 1 fully saturated rings. The van der Waals surface area contributed by atoms with Gasteiger partial charge in [0, 0.05) is 50.4 Å². The summed E-state index contributed by atoms with van der Waals surface area (Å²) in [6.45, 7) is 4.38. The molecule has 0 radical (unpaired) electrons. The highest BCUT2D eigenvalue weighted by molar-refractivity contribution is 5.93. The zero-order valence-electron chi connectivity index (χ0n) is 16.5. The van der Waals surface area contributed by atoms with Crippen LogP contribution >= 0.6 is 0 Å². The minimum Gasteiger partial charge on any atom is -0.368 e. The summed E-state index contributed by atoms with van der Waals surface area (Å²) in [5.74, 6) is 0. The van der Waals surface area contributed by atoms with Gasteiger partial charge < -0.3 is 14.2 Å². The van der Waals surface area contributed by atoms with Gasteiger partial charge in [0.15, 0.2) is 0 Å². The molecule has 4 heterocycles. The predicted molar refractivity (Wildman–Crippen MR) is 115 cm³/mol. The minimum absolute atomic E-state index is 0.0270. The Morgan fingerprint density at radius 3 is 2.72 bits per heavy atom. The molecule has 1 saturated heterocycles. The smallest absolute Gasteiger partial charge is 0.276 e. The highest BCUT2D eigenvalue weighted by Gasteiger charge is 2.18. The zero-order chi connectivity index (χ0) is 19.8.